The Morgan fingerprint density at radius 2 is 1.77 bits per heavy atom. The van der Waals surface area contributed by atoms with Gasteiger partial charge in [-0.05, 0) is 13.0 Å². The van der Waals surface area contributed by atoms with Gasteiger partial charge < -0.3 is 14.5 Å². The SMILES string of the molecule is Cc1[nH]c(Cn2cc(-c3ccccc3C(F)(F)F)oc2=O)c(C(F)(F)F)c1C(=O)O. The number of carboxylic acids is 1. The molecular formula is C18H12F6N2O4. The third-order valence-electron chi connectivity index (χ3n) is 4.29. The number of hydrogen-bond acceptors (Lipinski definition) is 3. The number of carbonyl (C=O) groups is 1. The van der Waals surface area contributed by atoms with Crippen LogP contribution in [0, 0.1) is 6.92 Å². The second-order valence-corrected chi connectivity index (χ2v) is 6.31. The molecule has 0 aliphatic carbocycles. The molecule has 0 fully saturated rings. The maximum Gasteiger partial charge on any atom is 0.419 e. The molecule has 3 rings (SSSR count). The van der Waals surface area contributed by atoms with E-state index in [0.717, 1.165) is 31.3 Å². The third kappa shape index (κ3) is 3.84. The predicted octanol–water partition coefficient (Wildman–Crippen LogP) is 4.53. The molecule has 0 saturated heterocycles. The summed E-state index contributed by atoms with van der Waals surface area (Å²) in [6.45, 7) is 0.324. The van der Waals surface area contributed by atoms with Crippen molar-refractivity contribution in [2.24, 2.45) is 0 Å². The van der Waals surface area contributed by atoms with E-state index in [1.54, 1.807) is 0 Å². The Balaban J connectivity index is 2.09. The van der Waals surface area contributed by atoms with E-state index >= 15 is 0 Å². The number of aromatic amines is 1. The number of rotatable bonds is 4. The molecule has 6 nitrogen and oxygen atoms in total. The van der Waals surface area contributed by atoms with Gasteiger partial charge in [0.25, 0.3) is 0 Å². The highest BCUT2D eigenvalue weighted by Gasteiger charge is 2.41. The second-order valence-electron chi connectivity index (χ2n) is 6.31. The van der Waals surface area contributed by atoms with E-state index in [-0.39, 0.29) is 5.69 Å². The molecule has 0 bridgehead atoms. The number of aromatic nitrogens is 2. The zero-order valence-corrected chi connectivity index (χ0v) is 15.0. The van der Waals surface area contributed by atoms with Crippen LogP contribution < -0.4 is 5.76 Å². The highest BCUT2D eigenvalue weighted by Crippen LogP contribution is 2.38. The number of hydrogen-bond donors (Lipinski definition) is 2. The monoisotopic (exact) mass is 434 g/mol. The summed E-state index contributed by atoms with van der Waals surface area (Å²) in [6.07, 6.45) is -8.97. The van der Waals surface area contributed by atoms with Crippen molar-refractivity contribution in [3.8, 4) is 11.3 Å². The number of halogens is 6. The third-order valence-corrected chi connectivity index (χ3v) is 4.29. The van der Waals surface area contributed by atoms with Gasteiger partial charge in [0.2, 0.25) is 0 Å². The van der Waals surface area contributed by atoms with Gasteiger partial charge in [-0.3, -0.25) is 4.57 Å². The van der Waals surface area contributed by atoms with Crippen LogP contribution in [0.3, 0.4) is 0 Å². The summed E-state index contributed by atoms with van der Waals surface area (Å²) in [4.78, 5) is 25.6. The normalized spacial score (nSPS) is 12.4. The molecule has 0 saturated carbocycles. The van der Waals surface area contributed by atoms with E-state index in [2.05, 4.69) is 4.98 Å². The molecule has 0 amide bonds. The molecule has 0 aliphatic rings. The maximum atomic E-state index is 13.4. The number of oxazole rings is 1. The summed E-state index contributed by atoms with van der Waals surface area (Å²) < 4.78 is 85.2. The molecule has 0 atom stereocenters. The van der Waals surface area contributed by atoms with Crippen LogP contribution >= 0.6 is 0 Å². The molecule has 30 heavy (non-hydrogen) atoms. The number of H-pyrrole nitrogens is 1. The van der Waals surface area contributed by atoms with Gasteiger partial charge in [-0.25, -0.2) is 9.59 Å². The van der Waals surface area contributed by atoms with Crippen LogP contribution in [0.15, 0.2) is 39.7 Å². The fourth-order valence-electron chi connectivity index (χ4n) is 3.11. The van der Waals surface area contributed by atoms with Crippen molar-refractivity contribution in [3.63, 3.8) is 0 Å². The standard InChI is InChI=1S/C18H12F6N2O4/c1-8-13(15(27)28)14(18(22,23)24)11(25-8)6-26-7-12(30-16(26)29)9-4-2-3-5-10(9)17(19,20)21/h2-5,7,25H,6H2,1H3,(H,27,28). The number of carboxylic acid groups (broad SMARTS) is 1. The number of nitrogens with one attached hydrogen (secondary N) is 1. The molecule has 0 aliphatic heterocycles. The minimum Gasteiger partial charge on any atom is -0.478 e. The van der Waals surface area contributed by atoms with E-state index < -0.39 is 64.3 Å². The van der Waals surface area contributed by atoms with E-state index in [0.29, 0.717) is 4.57 Å². The van der Waals surface area contributed by atoms with Crippen molar-refractivity contribution in [2.45, 2.75) is 25.8 Å². The zero-order chi connectivity index (χ0) is 22.4. The molecule has 3 aromatic rings. The second kappa shape index (κ2) is 7.11. The summed E-state index contributed by atoms with van der Waals surface area (Å²) in [6, 6.07) is 4.22. The van der Waals surface area contributed by atoms with Crippen LogP contribution in [0.4, 0.5) is 26.3 Å². The average molecular weight is 434 g/mol. The summed E-state index contributed by atoms with van der Waals surface area (Å²) >= 11 is 0. The predicted molar refractivity (Wildman–Crippen MR) is 90.0 cm³/mol. The summed E-state index contributed by atoms with van der Waals surface area (Å²) in [5.41, 5.74) is -4.97. The smallest absolute Gasteiger partial charge is 0.419 e. The van der Waals surface area contributed by atoms with Crippen LogP contribution in [-0.2, 0) is 18.9 Å². The summed E-state index contributed by atoms with van der Waals surface area (Å²) in [5, 5.41) is 9.09. The topological polar surface area (TPSA) is 88.2 Å². The minimum atomic E-state index is -5.05. The Morgan fingerprint density at radius 1 is 1.13 bits per heavy atom. The van der Waals surface area contributed by atoms with Crippen LogP contribution in [-0.4, -0.2) is 20.6 Å². The largest absolute Gasteiger partial charge is 0.478 e. The van der Waals surface area contributed by atoms with Crippen molar-refractivity contribution >= 4 is 5.97 Å². The van der Waals surface area contributed by atoms with Crippen LogP contribution in [0.5, 0.6) is 0 Å². The number of aromatic carboxylic acids is 1. The lowest BCUT2D eigenvalue weighted by Gasteiger charge is -2.10. The molecule has 0 unspecified atom stereocenters. The van der Waals surface area contributed by atoms with Crippen molar-refractivity contribution in [3.05, 3.63) is 69.1 Å². The van der Waals surface area contributed by atoms with E-state index in [1.807, 2.05) is 0 Å². The van der Waals surface area contributed by atoms with Gasteiger partial charge in [0.1, 0.15) is 0 Å². The zero-order valence-electron chi connectivity index (χ0n) is 15.0. The first-order valence-electron chi connectivity index (χ1n) is 8.19. The van der Waals surface area contributed by atoms with Gasteiger partial charge in [0.15, 0.2) is 5.76 Å². The van der Waals surface area contributed by atoms with E-state index in [4.69, 9.17) is 9.52 Å². The fourth-order valence-corrected chi connectivity index (χ4v) is 3.11. The molecule has 160 valence electrons. The van der Waals surface area contributed by atoms with Gasteiger partial charge in [-0.2, -0.15) is 26.3 Å². The van der Waals surface area contributed by atoms with Crippen molar-refractivity contribution in [2.75, 3.05) is 0 Å². The molecule has 2 N–H and O–H groups in total. The maximum absolute atomic E-state index is 13.4. The molecule has 0 spiro atoms. The van der Waals surface area contributed by atoms with E-state index in [1.165, 1.54) is 6.07 Å². The average Bonchev–Trinajstić information content (AvgIpc) is 3.14. The van der Waals surface area contributed by atoms with Crippen molar-refractivity contribution in [1.82, 2.24) is 9.55 Å². The fraction of sp³-hybridized carbons (Fsp3) is 0.222. The minimum absolute atomic E-state index is 0.288. The Labute approximate surface area is 163 Å². The number of nitrogens with zero attached hydrogens (tertiary/aromatic N) is 1. The molecule has 12 heteroatoms. The van der Waals surface area contributed by atoms with Crippen LogP contribution in [0.1, 0.15) is 32.9 Å². The quantitative estimate of drug-likeness (QED) is 0.591. The lowest BCUT2D eigenvalue weighted by Crippen LogP contribution is -2.18. The first-order valence-corrected chi connectivity index (χ1v) is 8.19. The summed E-state index contributed by atoms with van der Waals surface area (Å²) in [7, 11) is 0. The number of alkyl halides is 6. The number of benzene rings is 1. The van der Waals surface area contributed by atoms with Crippen LogP contribution in [0.25, 0.3) is 11.3 Å². The highest BCUT2D eigenvalue weighted by atomic mass is 19.4. The Morgan fingerprint density at radius 3 is 2.33 bits per heavy atom. The Hall–Kier alpha value is -3.44. The summed E-state index contributed by atoms with van der Waals surface area (Å²) in [5.74, 6) is -3.52. The molecular weight excluding hydrogens is 422 g/mol. The molecule has 0 radical (unpaired) electrons. The van der Waals surface area contributed by atoms with Gasteiger partial charge in [-0.15, -0.1) is 0 Å². The van der Waals surface area contributed by atoms with Crippen LogP contribution in [0.2, 0.25) is 0 Å². The lowest BCUT2D eigenvalue weighted by atomic mass is 10.1. The van der Waals surface area contributed by atoms with Gasteiger partial charge in [0, 0.05) is 17.0 Å². The number of aryl methyl sites for hydroxylation is 1. The highest BCUT2D eigenvalue weighted by molar-refractivity contribution is 5.91. The Kier molecular flexibility index (Phi) is 5.04. The van der Waals surface area contributed by atoms with Gasteiger partial charge in [-0.1, -0.05) is 18.2 Å². The van der Waals surface area contributed by atoms with Crippen molar-refractivity contribution in [1.29, 1.82) is 0 Å². The lowest BCUT2D eigenvalue weighted by molar-refractivity contribution is -0.139. The van der Waals surface area contributed by atoms with Gasteiger partial charge in [0.05, 0.1) is 29.4 Å². The van der Waals surface area contributed by atoms with Crippen molar-refractivity contribution < 1.29 is 40.7 Å². The molecule has 2 aromatic heterocycles. The first-order chi connectivity index (χ1) is 13.8. The molecule has 2 heterocycles. The first kappa shape index (κ1) is 21.3. The Bertz CT molecular complexity index is 1170. The van der Waals surface area contributed by atoms with E-state index in [9.17, 15) is 35.9 Å². The molecule has 1 aromatic carbocycles. The van der Waals surface area contributed by atoms with Gasteiger partial charge >= 0.3 is 24.1 Å².